The van der Waals surface area contributed by atoms with E-state index in [2.05, 4.69) is 5.32 Å². The van der Waals surface area contributed by atoms with E-state index in [0.717, 1.165) is 22.9 Å². The first-order valence-electron chi connectivity index (χ1n) is 12.8. The molecule has 0 bridgehead atoms. The fourth-order valence-corrected chi connectivity index (χ4v) is 5.55. The van der Waals surface area contributed by atoms with Crippen molar-refractivity contribution >= 4 is 27.5 Å². The van der Waals surface area contributed by atoms with Crippen LogP contribution in [0.3, 0.4) is 0 Å². The lowest BCUT2D eigenvalue weighted by Crippen LogP contribution is -2.49. The molecule has 0 aliphatic heterocycles. The average molecular weight is 554 g/mol. The molecule has 1 atom stereocenters. The lowest BCUT2D eigenvalue weighted by molar-refractivity contribution is -0.141. The smallest absolute Gasteiger partial charge is 0.242 e. The molecule has 39 heavy (non-hydrogen) atoms. The first-order valence-corrected chi connectivity index (χ1v) is 14.7. The van der Waals surface area contributed by atoms with Crippen LogP contribution in [0, 0.1) is 19.7 Å². The highest BCUT2D eigenvalue weighted by Crippen LogP contribution is 2.23. The van der Waals surface area contributed by atoms with Gasteiger partial charge in [0.25, 0.3) is 0 Å². The zero-order valence-electron chi connectivity index (χ0n) is 22.9. The van der Waals surface area contributed by atoms with Gasteiger partial charge in [-0.15, -0.1) is 0 Å². The molecule has 3 aromatic carbocycles. The molecule has 0 spiro atoms. The van der Waals surface area contributed by atoms with Crippen molar-refractivity contribution < 1.29 is 22.4 Å². The molecule has 0 heterocycles. The number of rotatable bonds is 12. The summed E-state index contributed by atoms with van der Waals surface area (Å²) in [5, 5.41) is 2.66. The van der Waals surface area contributed by atoms with Gasteiger partial charge >= 0.3 is 0 Å². The number of benzene rings is 3. The van der Waals surface area contributed by atoms with Gasteiger partial charge in [-0.1, -0.05) is 48.5 Å². The Morgan fingerprint density at radius 2 is 1.54 bits per heavy atom. The largest absolute Gasteiger partial charge is 0.357 e. The van der Waals surface area contributed by atoms with Crippen molar-refractivity contribution in [2.75, 3.05) is 24.2 Å². The number of aryl methyl sites for hydroxylation is 2. The number of anilines is 1. The monoisotopic (exact) mass is 553 g/mol. The second kappa shape index (κ2) is 13.4. The van der Waals surface area contributed by atoms with Crippen LogP contribution in [0.4, 0.5) is 10.1 Å². The second-order valence-corrected chi connectivity index (χ2v) is 11.7. The van der Waals surface area contributed by atoms with Gasteiger partial charge in [-0.05, 0) is 66.8 Å². The van der Waals surface area contributed by atoms with Gasteiger partial charge in [-0.3, -0.25) is 13.9 Å². The lowest BCUT2D eigenvalue weighted by Gasteiger charge is -2.31. The second-order valence-electron chi connectivity index (χ2n) is 9.75. The summed E-state index contributed by atoms with van der Waals surface area (Å²) >= 11 is 0. The maximum absolute atomic E-state index is 13.6. The minimum absolute atomic E-state index is 0.0281. The summed E-state index contributed by atoms with van der Waals surface area (Å²) in [6.07, 6.45) is 1.73. The molecule has 0 unspecified atom stereocenters. The SMILES string of the molecule is CNC(=O)[C@@H](Cc1ccccc1)N(Cc1ccc(F)cc1)C(=O)CCCN(c1cc(C)cc(C)c1)S(C)(=O)=O. The number of sulfonamides is 1. The highest BCUT2D eigenvalue weighted by atomic mass is 32.2. The zero-order chi connectivity index (χ0) is 28.6. The molecule has 3 aromatic rings. The molecule has 0 aliphatic carbocycles. The summed E-state index contributed by atoms with van der Waals surface area (Å²) in [5.74, 6) is -1.00. The van der Waals surface area contributed by atoms with Crippen LogP contribution in [-0.4, -0.2) is 51.0 Å². The van der Waals surface area contributed by atoms with E-state index in [9.17, 15) is 22.4 Å². The molecule has 3 rings (SSSR count). The van der Waals surface area contributed by atoms with Crippen molar-refractivity contribution in [1.29, 1.82) is 0 Å². The summed E-state index contributed by atoms with van der Waals surface area (Å²) in [4.78, 5) is 28.2. The molecule has 7 nitrogen and oxygen atoms in total. The first-order chi connectivity index (χ1) is 18.5. The molecule has 0 radical (unpaired) electrons. The summed E-state index contributed by atoms with van der Waals surface area (Å²) in [7, 11) is -2.07. The quantitative estimate of drug-likeness (QED) is 0.361. The summed E-state index contributed by atoms with van der Waals surface area (Å²) in [6, 6.07) is 20.0. The molecule has 0 aromatic heterocycles. The zero-order valence-corrected chi connectivity index (χ0v) is 23.7. The molecule has 208 valence electrons. The number of hydrogen-bond acceptors (Lipinski definition) is 4. The Hall–Kier alpha value is -3.72. The van der Waals surface area contributed by atoms with Crippen LogP contribution < -0.4 is 9.62 Å². The highest BCUT2D eigenvalue weighted by Gasteiger charge is 2.30. The molecule has 2 amide bonds. The Balaban J connectivity index is 1.85. The number of hydrogen-bond donors (Lipinski definition) is 1. The van der Waals surface area contributed by atoms with Crippen molar-refractivity contribution in [1.82, 2.24) is 10.2 Å². The van der Waals surface area contributed by atoms with Crippen molar-refractivity contribution in [2.45, 2.75) is 45.7 Å². The Morgan fingerprint density at radius 3 is 2.10 bits per heavy atom. The molecular weight excluding hydrogens is 517 g/mol. The minimum Gasteiger partial charge on any atom is -0.357 e. The van der Waals surface area contributed by atoms with Gasteiger partial charge in [-0.2, -0.15) is 0 Å². The third kappa shape index (κ3) is 8.64. The Labute approximate surface area is 230 Å². The summed E-state index contributed by atoms with van der Waals surface area (Å²) < 4.78 is 40.1. The van der Waals surface area contributed by atoms with Gasteiger partial charge in [0.05, 0.1) is 11.9 Å². The van der Waals surface area contributed by atoms with E-state index < -0.39 is 21.9 Å². The first kappa shape index (κ1) is 29.8. The van der Waals surface area contributed by atoms with E-state index in [1.54, 1.807) is 24.3 Å². The van der Waals surface area contributed by atoms with Crippen molar-refractivity contribution in [2.24, 2.45) is 0 Å². The maximum atomic E-state index is 13.6. The fraction of sp³-hybridized carbons (Fsp3) is 0.333. The number of amides is 2. The predicted octanol–water partition coefficient (Wildman–Crippen LogP) is 4.37. The van der Waals surface area contributed by atoms with Crippen molar-refractivity contribution in [3.05, 3.63) is 101 Å². The van der Waals surface area contributed by atoms with E-state index in [4.69, 9.17) is 0 Å². The van der Waals surface area contributed by atoms with Crippen molar-refractivity contribution in [3.8, 4) is 0 Å². The van der Waals surface area contributed by atoms with E-state index in [-0.39, 0.29) is 37.7 Å². The summed E-state index contributed by atoms with van der Waals surface area (Å²) in [5.41, 5.74) is 4.00. The Kier molecular flexibility index (Phi) is 10.2. The summed E-state index contributed by atoms with van der Waals surface area (Å²) in [6.45, 7) is 4.02. The Bertz CT molecular complexity index is 1360. The fourth-order valence-electron chi connectivity index (χ4n) is 4.61. The van der Waals surface area contributed by atoms with Crippen LogP contribution in [0.1, 0.15) is 35.1 Å². The average Bonchev–Trinajstić information content (AvgIpc) is 2.88. The van der Waals surface area contributed by atoms with Crippen LogP contribution in [0.15, 0.2) is 72.8 Å². The molecule has 9 heteroatoms. The lowest BCUT2D eigenvalue weighted by atomic mass is 10.0. The van der Waals surface area contributed by atoms with E-state index >= 15 is 0 Å². The van der Waals surface area contributed by atoms with Gasteiger partial charge < -0.3 is 10.2 Å². The van der Waals surface area contributed by atoms with Gasteiger partial charge in [0.1, 0.15) is 11.9 Å². The van der Waals surface area contributed by atoms with Crippen LogP contribution in [0.2, 0.25) is 0 Å². The molecule has 0 fully saturated rings. The van der Waals surface area contributed by atoms with Crippen LogP contribution >= 0.6 is 0 Å². The topological polar surface area (TPSA) is 86.8 Å². The molecule has 1 N–H and O–H groups in total. The number of likely N-dealkylation sites (N-methyl/N-ethyl adjacent to an activating group) is 1. The van der Waals surface area contributed by atoms with E-state index in [1.165, 1.54) is 28.4 Å². The highest BCUT2D eigenvalue weighted by molar-refractivity contribution is 7.92. The third-order valence-electron chi connectivity index (χ3n) is 6.43. The molecule has 0 saturated carbocycles. The van der Waals surface area contributed by atoms with Gasteiger partial charge in [0.15, 0.2) is 0 Å². The van der Waals surface area contributed by atoms with Gasteiger partial charge in [0.2, 0.25) is 21.8 Å². The normalized spacial score (nSPS) is 12.0. The standard InChI is InChI=1S/C30H36FN3O4S/c1-22-17-23(2)19-27(18-22)34(39(4,37)38)16-8-11-29(35)33(21-25-12-14-26(31)15-13-25)28(30(36)32-3)20-24-9-6-5-7-10-24/h5-7,9-10,12-15,17-19,28H,8,11,16,20-21H2,1-4H3,(H,32,36)/t28-/m1/s1. The molecule has 0 saturated heterocycles. The van der Waals surface area contributed by atoms with Crippen LogP contribution in [0.25, 0.3) is 0 Å². The Morgan fingerprint density at radius 1 is 0.923 bits per heavy atom. The predicted molar refractivity (Wildman–Crippen MR) is 152 cm³/mol. The van der Waals surface area contributed by atoms with Gasteiger partial charge in [0, 0.05) is 33.0 Å². The van der Waals surface area contributed by atoms with Crippen molar-refractivity contribution in [3.63, 3.8) is 0 Å². The van der Waals surface area contributed by atoms with Crippen LogP contribution in [0.5, 0.6) is 0 Å². The molecule has 0 aliphatic rings. The minimum atomic E-state index is -3.59. The van der Waals surface area contributed by atoms with Gasteiger partial charge in [-0.25, -0.2) is 12.8 Å². The number of halogens is 1. The van der Waals surface area contributed by atoms with E-state index in [1.807, 2.05) is 50.2 Å². The third-order valence-corrected chi connectivity index (χ3v) is 7.62. The molecular formula is C30H36FN3O4S. The number of carbonyl (C=O) groups excluding carboxylic acids is 2. The maximum Gasteiger partial charge on any atom is 0.242 e. The number of carbonyl (C=O) groups is 2. The number of nitrogens with one attached hydrogen (secondary N) is 1. The van der Waals surface area contributed by atoms with E-state index in [0.29, 0.717) is 17.7 Å². The number of nitrogens with zero attached hydrogens (tertiary/aromatic N) is 2. The van der Waals surface area contributed by atoms with Crippen LogP contribution in [-0.2, 0) is 32.6 Å².